The number of anilines is 1. The third kappa shape index (κ3) is 4.27. The van der Waals surface area contributed by atoms with Gasteiger partial charge in [0.25, 0.3) is 5.91 Å². The third-order valence-corrected chi connectivity index (χ3v) is 3.31. The van der Waals surface area contributed by atoms with E-state index in [9.17, 15) is 9.59 Å². The number of hydrogen-bond donors (Lipinski definition) is 2. The Balaban J connectivity index is 1.89. The van der Waals surface area contributed by atoms with Crippen LogP contribution in [0.3, 0.4) is 0 Å². The largest absolute Gasteiger partial charge is 0.479 e. The van der Waals surface area contributed by atoms with Crippen LogP contribution in [0.25, 0.3) is 0 Å². The smallest absolute Gasteiger partial charge is 0.332 e. The molecular formula is C15H20N2O4. The van der Waals surface area contributed by atoms with Crippen molar-refractivity contribution in [1.29, 1.82) is 0 Å². The van der Waals surface area contributed by atoms with E-state index >= 15 is 0 Å². The van der Waals surface area contributed by atoms with Crippen molar-refractivity contribution in [2.45, 2.75) is 31.6 Å². The van der Waals surface area contributed by atoms with Crippen LogP contribution in [0.4, 0.5) is 5.69 Å². The van der Waals surface area contributed by atoms with E-state index in [1.807, 2.05) is 38.4 Å². The molecule has 2 rings (SSSR count). The number of carboxylic acids is 1. The minimum Gasteiger partial charge on any atom is -0.479 e. The van der Waals surface area contributed by atoms with Crippen LogP contribution in [0.15, 0.2) is 24.3 Å². The van der Waals surface area contributed by atoms with Crippen molar-refractivity contribution < 1.29 is 19.4 Å². The number of carbonyl (C=O) groups is 2. The Bertz CT molecular complexity index is 513. The zero-order valence-corrected chi connectivity index (χ0v) is 12.2. The minimum absolute atomic E-state index is 0.292. The SMILES string of the molecule is CN(C)Cc1ccc(NC(=O)[C@@H]2CC[C@H](C(=O)O)O2)cc1. The topological polar surface area (TPSA) is 78.9 Å². The van der Waals surface area contributed by atoms with Crippen molar-refractivity contribution >= 4 is 17.6 Å². The first-order valence-electron chi connectivity index (χ1n) is 6.88. The van der Waals surface area contributed by atoms with E-state index in [1.54, 1.807) is 0 Å². The molecule has 0 aliphatic carbocycles. The Morgan fingerprint density at radius 3 is 2.38 bits per heavy atom. The fourth-order valence-corrected chi connectivity index (χ4v) is 2.29. The van der Waals surface area contributed by atoms with Crippen LogP contribution in [-0.4, -0.2) is 48.2 Å². The van der Waals surface area contributed by atoms with Crippen LogP contribution >= 0.6 is 0 Å². The van der Waals surface area contributed by atoms with E-state index in [4.69, 9.17) is 9.84 Å². The zero-order valence-electron chi connectivity index (χ0n) is 12.2. The van der Waals surface area contributed by atoms with Crippen molar-refractivity contribution in [3.05, 3.63) is 29.8 Å². The van der Waals surface area contributed by atoms with Gasteiger partial charge in [-0.25, -0.2) is 4.79 Å². The molecule has 0 unspecified atom stereocenters. The first-order valence-corrected chi connectivity index (χ1v) is 6.88. The van der Waals surface area contributed by atoms with Crippen LogP contribution < -0.4 is 5.32 Å². The molecule has 1 aromatic rings. The molecular weight excluding hydrogens is 272 g/mol. The van der Waals surface area contributed by atoms with E-state index in [2.05, 4.69) is 10.2 Å². The molecule has 6 heteroatoms. The average molecular weight is 292 g/mol. The number of carbonyl (C=O) groups excluding carboxylic acids is 1. The second-order valence-corrected chi connectivity index (χ2v) is 5.45. The summed E-state index contributed by atoms with van der Waals surface area (Å²) < 4.78 is 5.21. The van der Waals surface area contributed by atoms with Crippen molar-refractivity contribution in [1.82, 2.24) is 4.90 Å². The fourth-order valence-electron chi connectivity index (χ4n) is 2.29. The highest BCUT2D eigenvalue weighted by Gasteiger charge is 2.34. The molecule has 0 saturated carbocycles. The normalized spacial score (nSPS) is 21.5. The quantitative estimate of drug-likeness (QED) is 0.855. The molecule has 6 nitrogen and oxygen atoms in total. The van der Waals surface area contributed by atoms with Crippen LogP contribution in [0, 0.1) is 0 Å². The van der Waals surface area contributed by atoms with Crippen molar-refractivity contribution in [3.8, 4) is 0 Å². The summed E-state index contributed by atoms with van der Waals surface area (Å²) in [5, 5.41) is 11.6. The highest BCUT2D eigenvalue weighted by molar-refractivity contribution is 5.94. The second-order valence-electron chi connectivity index (χ2n) is 5.45. The Kier molecular flexibility index (Phi) is 4.93. The molecule has 1 saturated heterocycles. The van der Waals surface area contributed by atoms with E-state index < -0.39 is 18.2 Å². The minimum atomic E-state index is -1.02. The highest BCUT2D eigenvalue weighted by Crippen LogP contribution is 2.21. The average Bonchev–Trinajstić information content (AvgIpc) is 2.90. The Hall–Kier alpha value is -1.92. The summed E-state index contributed by atoms with van der Waals surface area (Å²) in [6, 6.07) is 7.57. The summed E-state index contributed by atoms with van der Waals surface area (Å²) in [6.07, 6.45) is -0.757. The van der Waals surface area contributed by atoms with E-state index in [0.29, 0.717) is 18.5 Å². The molecule has 114 valence electrons. The number of hydrogen-bond acceptors (Lipinski definition) is 4. The highest BCUT2D eigenvalue weighted by atomic mass is 16.5. The number of ether oxygens (including phenoxy) is 1. The summed E-state index contributed by atoms with van der Waals surface area (Å²) in [6.45, 7) is 0.834. The summed E-state index contributed by atoms with van der Waals surface area (Å²) in [5.74, 6) is -1.31. The van der Waals surface area contributed by atoms with Gasteiger partial charge in [-0.05, 0) is 44.6 Å². The number of rotatable bonds is 5. The summed E-state index contributed by atoms with van der Waals surface area (Å²) in [4.78, 5) is 24.9. The fraction of sp³-hybridized carbons (Fsp3) is 0.467. The van der Waals surface area contributed by atoms with Gasteiger partial charge in [0.15, 0.2) is 6.10 Å². The Morgan fingerprint density at radius 1 is 1.24 bits per heavy atom. The number of carboxylic acid groups (broad SMARTS) is 1. The molecule has 0 spiro atoms. The van der Waals surface area contributed by atoms with Gasteiger partial charge in [0.1, 0.15) is 6.10 Å². The monoisotopic (exact) mass is 292 g/mol. The molecule has 1 aliphatic heterocycles. The lowest BCUT2D eigenvalue weighted by atomic mass is 10.1. The van der Waals surface area contributed by atoms with Crippen LogP contribution in [-0.2, 0) is 20.9 Å². The summed E-state index contributed by atoms with van der Waals surface area (Å²) >= 11 is 0. The van der Waals surface area contributed by atoms with Crippen LogP contribution in [0.2, 0.25) is 0 Å². The number of nitrogens with one attached hydrogen (secondary N) is 1. The second kappa shape index (κ2) is 6.69. The molecule has 2 N–H and O–H groups in total. The predicted molar refractivity (Wildman–Crippen MR) is 78.0 cm³/mol. The Morgan fingerprint density at radius 2 is 1.86 bits per heavy atom. The van der Waals surface area contributed by atoms with Gasteiger partial charge in [-0.1, -0.05) is 12.1 Å². The van der Waals surface area contributed by atoms with Gasteiger partial charge in [0, 0.05) is 12.2 Å². The maximum atomic E-state index is 12.0. The molecule has 1 amide bonds. The van der Waals surface area contributed by atoms with Gasteiger partial charge in [-0.3, -0.25) is 4.79 Å². The van der Waals surface area contributed by atoms with Gasteiger partial charge in [-0.2, -0.15) is 0 Å². The van der Waals surface area contributed by atoms with Gasteiger partial charge in [0.05, 0.1) is 0 Å². The molecule has 0 aromatic heterocycles. The van der Waals surface area contributed by atoms with Crippen LogP contribution in [0.1, 0.15) is 18.4 Å². The maximum absolute atomic E-state index is 12.0. The number of aliphatic carboxylic acids is 1. The molecule has 0 bridgehead atoms. The van der Waals surface area contributed by atoms with Gasteiger partial charge < -0.3 is 20.1 Å². The molecule has 1 aromatic carbocycles. The van der Waals surface area contributed by atoms with Gasteiger partial charge in [0.2, 0.25) is 0 Å². The lowest BCUT2D eigenvalue weighted by Crippen LogP contribution is -2.29. The van der Waals surface area contributed by atoms with Crippen molar-refractivity contribution in [3.63, 3.8) is 0 Å². The van der Waals surface area contributed by atoms with Crippen molar-refractivity contribution in [2.24, 2.45) is 0 Å². The number of nitrogens with zero attached hydrogens (tertiary/aromatic N) is 1. The van der Waals surface area contributed by atoms with Gasteiger partial charge >= 0.3 is 5.97 Å². The zero-order chi connectivity index (χ0) is 15.4. The maximum Gasteiger partial charge on any atom is 0.332 e. The standard InChI is InChI=1S/C15H20N2O4/c1-17(2)9-10-3-5-11(6-4-10)16-14(18)12-7-8-13(21-12)15(19)20/h3-6,12-13H,7-9H2,1-2H3,(H,16,18)(H,19,20)/t12-,13+/m0/s1. The molecule has 1 heterocycles. The Labute approximate surface area is 123 Å². The molecule has 21 heavy (non-hydrogen) atoms. The predicted octanol–water partition coefficient (Wildman–Crippen LogP) is 1.32. The number of amides is 1. The van der Waals surface area contributed by atoms with Crippen molar-refractivity contribution in [2.75, 3.05) is 19.4 Å². The molecule has 1 fully saturated rings. The first-order chi connectivity index (χ1) is 9.95. The van der Waals surface area contributed by atoms with E-state index in [1.165, 1.54) is 0 Å². The lowest BCUT2D eigenvalue weighted by Gasteiger charge is -2.13. The van der Waals surface area contributed by atoms with E-state index in [-0.39, 0.29) is 5.91 Å². The van der Waals surface area contributed by atoms with Crippen LogP contribution in [0.5, 0.6) is 0 Å². The molecule has 1 aliphatic rings. The molecule has 0 radical (unpaired) electrons. The first kappa shape index (κ1) is 15.5. The van der Waals surface area contributed by atoms with E-state index in [0.717, 1.165) is 12.1 Å². The third-order valence-electron chi connectivity index (χ3n) is 3.31. The summed E-state index contributed by atoms with van der Waals surface area (Å²) in [7, 11) is 3.98. The number of benzene rings is 1. The summed E-state index contributed by atoms with van der Waals surface area (Å²) in [5.41, 5.74) is 1.84. The lowest BCUT2D eigenvalue weighted by molar-refractivity contribution is -0.150. The van der Waals surface area contributed by atoms with Gasteiger partial charge in [-0.15, -0.1) is 0 Å². The molecule has 2 atom stereocenters.